The van der Waals surface area contributed by atoms with Crippen molar-refractivity contribution in [3.63, 3.8) is 0 Å². The third-order valence-corrected chi connectivity index (χ3v) is 3.20. The molecule has 0 bridgehead atoms. The molecule has 1 atom stereocenters. The Morgan fingerprint density at radius 1 is 1.11 bits per heavy atom. The van der Waals surface area contributed by atoms with Gasteiger partial charge in [0.15, 0.2) is 0 Å². The molecule has 0 fully saturated rings. The highest BCUT2D eigenvalue weighted by Gasteiger charge is 2.11. The van der Waals surface area contributed by atoms with Crippen LogP contribution in [0.25, 0.3) is 0 Å². The molecule has 0 spiro atoms. The van der Waals surface area contributed by atoms with Crippen LogP contribution in [0.5, 0.6) is 0 Å². The minimum atomic E-state index is -0.173. The number of rotatable bonds is 4. The van der Waals surface area contributed by atoms with Crippen LogP contribution in [0.4, 0.5) is 10.1 Å². The Labute approximate surface area is 113 Å². The van der Waals surface area contributed by atoms with Crippen molar-refractivity contribution in [1.29, 1.82) is 0 Å². The first-order valence-corrected chi connectivity index (χ1v) is 6.38. The van der Waals surface area contributed by atoms with Gasteiger partial charge in [-0.05, 0) is 24.6 Å². The van der Waals surface area contributed by atoms with Crippen molar-refractivity contribution in [3.05, 3.63) is 65.5 Å². The molecule has 0 amide bonds. The van der Waals surface area contributed by atoms with E-state index in [0.29, 0.717) is 12.1 Å². The Morgan fingerprint density at radius 2 is 1.74 bits per heavy atom. The summed E-state index contributed by atoms with van der Waals surface area (Å²) in [5.41, 5.74) is 8.77. The minimum absolute atomic E-state index is 0.0423. The van der Waals surface area contributed by atoms with E-state index < -0.39 is 0 Å². The third-order valence-electron chi connectivity index (χ3n) is 3.20. The van der Waals surface area contributed by atoms with Gasteiger partial charge < -0.3 is 10.6 Å². The van der Waals surface area contributed by atoms with E-state index in [4.69, 9.17) is 5.73 Å². The summed E-state index contributed by atoms with van der Waals surface area (Å²) in [4.78, 5) is 2.02. The fourth-order valence-electron chi connectivity index (χ4n) is 2.19. The zero-order chi connectivity index (χ0) is 13.8. The number of para-hydroxylation sites is 1. The van der Waals surface area contributed by atoms with Crippen LogP contribution in [0.3, 0.4) is 0 Å². The average molecular weight is 258 g/mol. The van der Waals surface area contributed by atoms with Crippen LogP contribution in [0.1, 0.15) is 24.1 Å². The SMILES string of the molecule is C[C@@H](N)c1ccccc1N(C)Cc1ccccc1F. The fourth-order valence-corrected chi connectivity index (χ4v) is 2.19. The third kappa shape index (κ3) is 3.12. The average Bonchev–Trinajstić information content (AvgIpc) is 2.41. The van der Waals surface area contributed by atoms with Gasteiger partial charge in [0.2, 0.25) is 0 Å². The summed E-state index contributed by atoms with van der Waals surface area (Å²) in [5, 5.41) is 0. The lowest BCUT2D eigenvalue weighted by molar-refractivity contribution is 0.607. The maximum absolute atomic E-state index is 13.7. The van der Waals surface area contributed by atoms with Gasteiger partial charge in [-0.25, -0.2) is 4.39 Å². The molecule has 0 aliphatic carbocycles. The molecular weight excluding hydrogens is 239 g/mol. The van der Waals surface area contributed by atoms with Crippen LogP contribution < -0.4 is 10.6 Å². The van der Waals surface area contributed by atoms with Gasteiger partial charge in [-0.15, -0.1) is 0 Å². The maximum atomic E-state index is 13.7. The van der Waals surface area contributed by atoms with Crippen molar-refractivity contribution in [3.8, 4) is 0 Å². The van der Waals surface area contributed by atoms with E-state index in [1.165, 1.54) is 6.07 Å². The maximum Gasteiger partial charge on any atom is 0.128 e. The van der Waals surface area contributed by atoms with Gasteiger partial charge in [0, 0.05) is 30.9 Å². The van der Waals surface area contributed by atoms with E-state index in [0.717, 1.165) is 11.3 Å². The topological polar surface area (TPSA) is 29.3 Å². The molecule has 0 radical (unpaired) electrons. The standard InChI is InChI=1S/C16H19FN2/c1-12(18)14-8-4-6-10-16(14)19(2)11-13-7-3-5-9-15(13)17/h3-10,12H,11,18H2,1-2H3/t12-/m1/s1. The summed E-state index contributed by atoms with van der Waals surface area (Å²) in [7, 11) is 1.95. The smallest absolute Gasteiger partial charge is 0.128 e. The van der Waals surface area contributed by atoms with Crippen molar-refractivity contribution >= 4 is 5.69 Å². The van der Waals surface area contributed by atoms with Crippen molar-refractivity contribution in [2.24, 2.45) is 5.73 Å². The molecule has 2 N–H and O–H groups in total. The van der Waals surface area contributed by atoms with Crippen LogP contribution in [0, 0.1) is 5.82 Å². The second-order valence-corrected chi connectivity index (χ2v) is 4.79. The number of nitrogens with two attached hydrogens (primary N) is 1. The van der Waals surface area contributed by atoms with E-state index in [2.05, 4.69) is 0 Å². The van der Waals surface area contributed by atoms with E-state index >= 15 is 0 Å². The molecule has 2 rings (SSSR count). The second kappa shape index (κ2) is 5.85. The molecule has 0 aromatic heterocycles. The lowest BCUT2D eigenvalue weighted by Gasteiger charge is -2.24. The summed E-state index contributed by atoms with van der Waals surface area (Å²) in [6.07, 6.45) is 0. The molecule has 100 valence electrons. The number of hydrogen-bond acceptors (Lipinski definition) is 2. The molecular formula is C16H19FN2. The van der Waals surface area contributed by atoms with Crippen molar-refractivity contribution in [2.45, 2.75) is 19.5 Å². The van der Waals surface area contributed by atoms with Gasteiger partial charge in [0.05, 0.1) is 0 Å². The molecule has 0 saturated heterocycles. The van der Waals surface area contributed by atoms with Crippen molar-refractivity contribution < 1.29 is 4.39 Å². The largest absolute Gasteiger partial charge is 0.370 e. The fraction of sp³-hybridized carbons (Fsp3) is 0.250. The van der Waals surface area contributed by atoms with Crippen LogP contribution >= 0.6 is 0 Å². The van der Waals surface area contributed by atoms with Gasteiger partial charge in [-0.3, -0.25) is 0 Å². The summed E-state index contributed by atoms with van der Waals surface area (Å²) in [6.45, 7) is 2.48. The number of anilines is 1. The molecule has 0 saturated carbocycles. The normalized spacial score (nSPS) is 12.2. The Hall–Kier alpha value is -1.87. The van der Waals surface area contributed by atoms with Crippen LogP contribution in [0.2, 0.25) is 0 Å². The summed E-state index contributed by atoms with van der Waals surface area (Å²) in [5.74, 6) is -0.173. The zero-order valence-corrected chi connectivity index (χ0v) is 11.3. The zero-order valence-electron chi connectivity index (χ0n) is 11.3. The molecule has 3 heteroatoms. The number of hydrogen-bond donors (Lipinski definition) is 1. The molecule has 19 heavy (non-hydrogen) atoms. The lowest BCUT2D eigenvalue weighted by Crippen LogP contribution is -2.20. The highest BCUT2D eigenvalue weighted by atomic mass is 19.1. The Bertz CT molecular complexity index is 552. The number of benzene rings is 2. The van der Waals surface area contributed by atoms with Crippen molar-refractivity contribution in [1.82, 2.24) is 0 Å². The number of nitrogens with zero attached hydrogens (tertiary/aromatic N) is 1. The molecule has 2 aromatic carbocycles. The van der Waals surface area contributed by atoms with Gasteiger partial charge in [-0.1, -0.05) is 36.4 Å². The van der Waals surface area contributed by atoms with E-state index in [9.17, 15) is 4.39 Å². The van der Waals surface area contributed by atoms with Crippen molar-refractivity contribution in [2.75, 3.05) is 11.9 Å². The lowest BCUT2D eigenvalue weighted by atomic mass is 10.1. The minimum Gasteiger partial charge on any atom is -0.370 e. The highest BCUT2D eigenvalue weighted by Crippen LogP contribution is 2.25. The molecule has 2 nitrogen and oxygen atoms in total. The summed E-state index contributed by atoms with van der Waals surface area (Å²) in [6, 6.07) is 14.8. The van der Waals surface area contributed by atoms with Gasteiger partial charge in [0.25, 0.3) is 0 Å². The molecule has 2 aromatic rings. The predicted octanol–water partition coefficient (Wildman–Crippen LogP) is 3.48. The van der Waals surface area contributed by atoms with E-state index in [1.807, 2.05) is 49.2 Å². The first-order chi connectivity index (χ1) is 9.09. The summed E-state index contributed by atoms with van der Waals surface area (Å²) >= 11 is 0. The first kappa shape index (κ1) is 13.6. The monoisotopic (exact) mass is 258 g/mol. The van der Waals surface area contributed by atoms with Gasteiger partial charge >= 0.3 is 0 Å². The first-order valence-electron chi connectivity index (χ1n) is 6.38. The van der Waals surface area contributed by atoms with Crippen LogP contribution in [-0.2, 0) is 6.54 Å². The molecule has 0 unspecified atom stereocenters. The molecule has 0 aliphatic heterocycles. The van der Waals surface area contributed by atoms with Gasteiger partial charge in [0.1, 0.15) is 5.82 Å². The van der Waals surface area contributed by atoms with E-state index in [-0.39, 0.29) is 11.9 Å². The molecule has 0 aliphatic rings. The number of halogens is 1. The Morgan fingerprint density at radius 3 is 2.42 bits per heavy atom. The summed E-state index contributed by atoms with van der Waals surface area (Å²) < 4.78 is 13.7. The van der Waals surface area contributed by atoms with Crippen LogP contribution in [-0.4, -0.2) is 7.05 Å². The Kier molecular flexibility index (Phi) is 4.17. The Balaban J connectivity index is 2.26. The predicted molar refractivity (Wildman–Crippen MR) is 77.6 cm³/mol. The second-order valence-electron chi connectivity index (χ2n) is 4.79. The molecule has 0 heterocycles. The van der Waals surface area contributed by atoms with Crippen LogP contribution in [0.15, 0.2) is 48.5 Å². The van der Waals surface area contributed by atoms with Gasteiger partial charge in [-0.2, -0.15) is 0 Å². The van der Waals surface area contributed by atoms with E-state index in [1.54, 1.807) is 12.1 Å². The highest BCUT2D eigenvalue weighted by molar-refractivity contribution is 5.54. The quantitative estimate of drug-likeness (QED) is 0.909.